The molecule has 0 radical (unpaired) electrons. The predicted molar refractivity (Wildman–Crippen MR) is 64.4 cm³/mol. The molecule has 0 fully saturated rings. The summed E-state index contributed by atoms with van der Waals surface area (Å²) in [4.78, 5) is 11.9. The summed E-state index contributed by atoms with van der Waals surface area (Å²) < 4.78 is 2.63. The van der Waals surface area contributed by atoms with Crippen molar-refractivity contribution in [1.82, 2.24) is 14.8 Å². The lowest BCUT2D eigenvalue weighted by Gasteiger charge is -2.04. The number of rotatable bonds is 2. The van der Waals surface area contributed by atoms with Crippen molar-refractivity contribution in [2.24, 2.45) is 7.05 Å². The van der Waals surface area contributed by atoms with Crippen LogP contribution in [0.5, 0.6) is 0 Å². The average Bonchev–Trinajstić information content (AvgIpc) is 2.74. The summed E-state index contributed by atoms with van der Waals surface area (Å²) in [6.07, 6.45) is 3.49. The fourth-order valence-electron chi connectivity index (χ4n) is 1.40. The molecule has 2 rings (SSSR count). The molecule has 16 heavy (non-hydrogen) atoms. The molecule has 6 heteroatoms. The molecular weight excluding hydrogens is 272 g/mol. The molecule has 5 nitrogen and oxygen atoms in total. The van der Waals surface area contributed by atoms with Gasteiger partial charge in [0.05, 0.1) is 6.20 Å². The Labute approximate surface area is 101 Å². The lowest BCUT2D eigenvalue weighted by molar-refractivity contribution is 0.101. The highest BCUT2D eigenvalue weighted by Gasteiger charge is 2.12. The number of carbonyl (C=O) groups excluding carboxylic acids is 1. The first kappa shape index (κ1) is 10.9. The van der Waals surface area contributed by atoms with E-state index < -0.39 is 0 Å². The van der Waals surface area contributed by atoms with E-state index in [9.17, 15) is 4.79 Å². The van der Waals surface area contributed by atoms with Crippen molar-refractivity contribution < 1.29 is 4.79 Å². The number of anilines is 1. The third kappa shape index (κ3) is 2.01. The van der Waals surface area contributed by atoms with E-state index in [2.05, 4.69) is 31.4 Å². The molecule has 0 unspecified atom stereocenters. The van der Waals surface area contributed by atoms with Crippen molar-refractivity contribution >= 4 is 27.7 Å². The fourth-order valence-corrected chi connectivity index (χ4v) is 1.92. The molecule has 1 amide bonds. The highest BCUT2D eigenvalue weighted by Crippen LogP contribution is 2.16. The van der Waals surface area contributed by atoms with E-state index in [1.165, 1.54) is 0 Å². The number of carbonyl (C=O) groups is 1. The number of nitrogens with zero attached hydrogens (tertiary/aromatic N) is 2. The number of aromatic nitrogens is 3. The first-order valence-electron chi connectivity index (χ1n) is 4.71. The Morgan fingerprint density at radius 2 is 2.38 bits per heavy atom. The molecule has 84 valence electrons. The molecule has 0 aliphatic rings. The van der Waals surface area contributed by atoms with Gasteiger partial charge in [-0.05, 0) is 28.9 Å². The molecule has 2 aromatic heterocycles. The van der Waals surface area contributed by atoms with Crippen LogP contribution in [0.4, 0.5) is 5.82 Å². The van der Waals surface area contributed by atoms with Crippen molar-refractivity contribution in [1.29, 1.82) is 0 Å². The molecule has 0 bridgehead atoms. The van der Waals surface area contributed by atoms with Crippen LogP contribution in [-0.4, -0.2) is 20.7 Å². The van der Waals surface area contributed by atoms with Crippen LogP contribution in [0.25, 0.3) is 0 Å². The lowest BCUT2D eigenvalue weighted by Crippen LogP contribution is -2.16. The molecule has 0 aliphatic heterocycles. The number of halogens is 1. The van der Waals surface area contributed by atoms with E-state index in [-0.39, 0.29) is 5.91 Å². The average molecular weight is 283 g/mol. The van der Waals surface area contributed by atoms with E-state index in [1.807, 2.05) is 20.2 Å². The normalized spacial score (nSPS) is 10.4. The van der Waals surface area contributed by atoms with Gasteiger partial charge in [-0.1, -0.05) is 0 Å². The van der Waals surface area contributed by atoms with E-state index in [4.69, 9.17) is 0 Å². The maximum atomic E-state index is 11.9. The molecule has 0 aliphatic carbocycles. The minimum atomic E-state index is -0.166. The van der Waals surface area contributed by atoms with Gasteiger partial charge in [0.15, 0.2) is 0 Å². The second kappa shape index (κ2) is 4.13. The van der Waals surface area contributed by atoms with Crippen LogP contribution in [0.1, 0.15) is 16.1 Å². The Balaban J connectivity index is 2.21. The van der Waals surface area contributed by atoms with Crippen molar-refractivity contribution in [3.63, 3.8) is 0 Å². The van der Waals surface area contributed by atoms with Crippen LogP contribution >= 0.6 is 15.9 Å². The van der Waals surface area contributed by atoms with Crippen LogP contribution < -0.4 is 5.32 Å². The third-order valence-corrected chi connectivity index (χ3v) is 2.71. The Morgan fingerprint density at radius 3 is 2.88 bits per heavy atom. The zero-order chi connectivity index (χ0) is 11.7. The number of H-pyrrole nitrogens is 1. The van der Waals surface area contributed by atoms with E-state index in [1.54, 1.807) is 16.8 Å². The predicted octanol–water partition coefficient (Wildman–Crippen LogP) is 2.07. The summed E-state index contributed by atoms with van der Waals surface area (Å²) in [7, 11) is 1.82. The second-order valence-corrected chi connectivity index (χ2v) is 4.45. The number of hydrogen-bond donors (Lipinski definition) is 2. The Morgan fingerprint density at radius 1 is 1.62 bits per heavy atom. The lowest BCUT2D eigenvalue weighted by atomic mass is 10.3. The molecule has 0 atom stereocenters. The maximum absolute atomic E-state index is 11.9. The molecule has 0 saturated heterocycles. The van der Waals surface area contributed by atoms with Gasteiger partial charge >= 0.3 is 0 Å². The molecule has 0 spiro atoms. The van der Waals surface area contributed by atoms with Crippen LogP contribution in [-0.2, 0) is 7.05 Å². The van der Waals surface area contributed by atoms with Gasteiger partial charge < -0.3 is 9.88 Å². The smallest absolute Gasteiger partial charge is 0.273 e. The maximum Gasteiger partial charge on any atom is 0.273 e. The van der Waals surface area contributed by atoms with Gasteiger partial charge in [-0.3, -0.25) is 9.89 Å². The van der Waals surface area contributed by atoms with E-state index in [0.717, 1.165) is 10.0 Å². The number of aryl methyl sites for hydroxylation is 2. The van der Waals surface area contributed by atoms with Gasteiger partial charge in [0.25, 0.3) is 5.91 Å². The van der Waals surface area contributed by atoms with Crippen molar-refractivity contribution in [2.75, 3.05) is 5.32 Å². The highest BCUT2D eigenvalue weighted by molar-refractivity contribution is 9.10. The number of nitrogens with one attached hydrogen (secondary N) is 2. The minimum absolute atomic E-state index is 0.166. The minimum Gasteiger partial charge on any atom is -0.345 e. The van der Waals surface area contributed by atoms with Gasteiger partial charge in [0.2, 0.25) is 0 Å². The van der Waals surface area contributed by atoms with Gasteiger partial charge in [-0.25, -0.2) is 0 Å². The Kier molecular flexibility index (Phi) is 2.82. The third-order valence-electron chi connectivity index (χ3n) is 2.27. The monoisotopic (exact) mass is 282 g/mol. The molecule has 2 aromatic rings. The summed E-state index contributed by atoms with van der Waals surface area (Å²) in [5.41, 5.74) is 1.49. The molecule has 0 saturated carbocycles. The quantitative estimate of drug-likeness (QED) is 0.886. The first-order chi connectivity index (χ1) is 7.58. The van der Waals surface area contributed by atoms with Gasteiger partial charge in [0.1, 0.15) is 11.5 Å². The zero-order valence-electron chi connectivity index (χ0n) is 8.91. The fraction of sp³-hybridized carbons (Fsp3) is 0.200. The Bertz CT molecular complexity index is 529. The van der Waals surface area contributed by atoms with Crippen LogP contribution in [0.3, 0.4) is 0 Å². The van der Waals surface area contributed by atoms with Crippen molar-refractivity contribution in [2.45, 2.75) is 6.92 Å². The number of aromatic amines is 1. The summed E-state index contributed by atoms with van der Waals surface area (Å²) in [5, 5.41) is 9.33. The highest BCUT2D eigenvalue weighted by atomic mass is 79.9. The molecular formula is C10H11BrN4O. The van der Waals surface area contributed by atoms with E-state index in [0.29, 0.717) is 11.5 Å². The summed E-state index contributed by atoms with van der Waals surface area (Å²) in [6, 6.07) is 1.76. The zero-order valence-corrected chi connectivity index (χ0v) is 10.5. The van der Waals surface area contributed by atoms with Gasteiger partial charge in [-0.2, -0.15) is 5.10 Å². The molecule has 2 N–H and O–H groups in total. The van der Waals surface area contributed by atoms with Crippen molar-refractivity contribution in [3.8, 4) is 0 Å². The van der Waals surface area contributed by atoms with Crippen LogP contribution in [0.15, 0.2) is 22.9 Å². The number of amides is 1. The van der Waals surface area contributed by atoms with Crippen LogP contribution in [0, 0.1) is 6.92 Å². The SMILES string of the molecule is Cc1cn[nH]c1NC(=O)c1cc(Br)cn1C. The van der Waals surface area contributed by atoms with E-state index >= 15 is 0 Å². The number of hydrogen-bond acceptors (Lipinski definition) is 2. The largest absolute Gasteiger partial charge is 0.345 e. The van der Waals surface area contributed by atoms with Gasteiger partial charge in [0, 0.05) is 23.3 Å². The Hall–Kier alpha value is -1.56. The summed E-state index contributed by atoms with van der Waals surface area (Å²) in [5.74, 6) is 0.461. The topological polar surface area (TPSA) is 62.7 Å². The van der Waals surface area contributed by atoms with Gasteiger partial charge in [-0.15, -0.1) is 0 Å². The molecule has 2 heterocycles. The van der Waals surface area contributed by atoms with Crippen LogP contribution in [0.2, 0.25) is 0 Å². The molecule has 0 aromatic carbocycles. The second-order valence-electron chi connectivity index (χ2n) is 3.54. The first-order valence-corrected chi connectivity index (χ1v) is 5.50. The summed E-state index contributed by atoms with van der Waals surface area (Å²) >= 11 is 3.32. The standard InChI is InChI=1S/C10H11BrN4O/c1-6-4-12-14-9(6)13-10(16)8-3-7(11)5-15(8)2/h3-5H,1-2H3,(H2,12,13,14,16). The summed E-state index contributed by atoms with van der Waals surface area (Å²) in [6.45, 7) is 1.88. The van der Waals surface area contributed by atoms with Crippen molar-refractivity contribution in [3.05, 3.63) is 34.2 Å².